The van der Waals surface area contributed by atoms with E-state index in [2.05, 4.69) is 70.3 Å². The summed E-state index contributed by atoms with van der Waals surface area (Å²) in [5.41, 5.74) is 4.48. The molecule has 0 bridgehead atoms. The first kappa shape index (κ1) is 21.1. The van der Waals surface area contributed by atoms with Crippen LogP contribution in [0.2, 0.25) is 0 Å². The lowest BCUT2D eigenvalue weighted by atomic mass is 9.84. The summed E-state index contributed by atoms with van der Waals surface area (Å²) in [6.45, 7) is 10.9. The number of hydrogen-bond acceptors (Lipinski definition) is 2. The number of nitrogens with zero attached hydrogens (tertiary/aromatic N) is 2. The maximum Gasteiger partial charge on any atom is 0.225 e. The van der Waals surface area contributed by atoms with E-state index in [0.717, 1.165) is 42.0 Å². The first-order chi connectivity index (χ1) is 13.7. The second-order valence-electron chi connectivity index (χ2n) is 9.45. The van der Waals surface area contributed by atoms with Crippen LogP contribution in [-0.4, -0.2) is 15.3 Å². The van der Waals surface area contributed by atoms with E-state index in [0.29, 0.717) is 12.3 Å². The second kappa shape index (κ2) is 8.81. The molecule has 0 aliphatic rings. The average molecular weight is 392 g/mol. The molecule has 0 saturated heterocycles. The van der Waals surface area contributed by atoms with Gasteiger partial charge in [-0.15, -0.1) is 0 Å². The molecule has 0 spiro atoms. The van der Waals surface area contributed by atoms with E-state index in [4.69, 9.17) is 4.98 Å². The molecule has 2 heterocycles. The Labute approximate surface area is 174 Å². The minimum atomic E-state index is 0.0603. The molecule has 1 N–H and O–H groups in total. The summed E-state index contributed by atoms with van der Waals surface area (Å²) in [5.74, 6) is 1.21. The van der Waals surface area contributed by atoms with Crippen molar-refractivity contribution in [1.29, 1.82) is 0 Å². The fourth-order valence-electron chi connectivity index (χ4n) is 4.03. The van der Waals surface area contributed by atoms with Gasteiger partial charge < -0.3 is 5.32 Å². The van der Waals surface area contributed by atoms with Crippen LogP contribution in [0.15, 0.2) is 48.7 Å². The number of carbonyl (C=O) groups excluding carboxylic acids is 1. The molecule has 4 nitrogen and oxygen atoms in total. The van der Waals surface area contributed by atoms with Crippen LogP contribution in [0.4, 0.5) is 5.82 Å². The number of anilines is 1. The molecule has 3 rings (SSSR count). The number of nitrogens with one attached hydrogen (secondary N) is 1. The molecule has 1 atom stereocenters. The number of carbonyl (C=O) groups is 1. The Morgan fingerprint density at radius 2 is 1.86 bits per heavy atom. The molecule has 4 heteroatoms. The van der Waals surface area contributed by atoms with E-state index in [1.165, 1.54) is 5.56 Å². The van der Waals surface area contributed by atoms with E-state index >= 15 is 0 Å². The molecule has 29 heavy (non-hydrogen) atoms. The zero-order valence-electron chi connectivity index (χ0n) is 18.3. The molecular formula is C25H33N3O. The predicted octanol–water partition coefficient (Wildman–Crippen LogP) is 5.83. The zero-order chi connectivity index (χ0) is 21.0. The molecule has 0 radical (unpaired) electrons. The third-order valence-corrected chi connectivity index (χ3v) is 5.10. The minimum Gasteiger partial charge on any atom is -0.310 e. The summed E-state index contributed by atoms with van der Waals surface area (Å²) in [6.07, 6.45) is 5.23. The number of pyridine rings is 1. The summed E-state index contributed by atoms with van der Waals surface area (Å²) in [7, 11) is 0. The van der Waals surface area contributed by atoms with Crippen LogP contribution in [0.5, 0.6) is 0 Å². The quantitative estimate of drug-likeness (QED) is 0.551. The molecule has 0 saturated carbocycles. The Morgan fingerprint density at radius 3 is 2.55 bits per heavy atom. The monoisotopic (exact) mass is 391 g/mol. The largest absolute Gasteiger partial charge is 0.310 e. The fraction of sp³-hybridized carbons (Fsp3) is 0.440. The Hall–Kier alpha value is -2.62. The highest BCUT2D eigenvalue weighted by Crippen LogP contribution is 2.27. The van der Waals surface area contributed by atoms with Gasteiger partial charge in [-0.1, -0.05) is 58.0 Å². The third kappa shape index (κ3) is 5.93. The SMILES string of the molecule is Cc1ccn2c(NC(=O)C[C@@H](C)CC(C)(C)C)c(CCc3ccccc3)nc2c1. The number of aromatic nitrogens is 2. The van der Waals surface area contributed by atoms with E-state index in [1.807, 2.05) is 22.7 Å². The van der Waals surface area contributed by atoms with Gasteiger partial charge in [0.05, 0.1) is 5.69 Å². The standard InChI is InChI=1S/C25H33N3O/c1-18-13-14-28-22(15-18)26-21(12-11-20-9-7-6-8-10-20)24(28)27-23(29)16-19(2)17-25(3,4)5/h6-10,13-15,19H,11-12,16-17H2,1-5H3,(H,27,29)/t19-/m1/s1. The van der Waals surface area contributed by atoms with E-state index < -0.39 is 0 Å². The number of benzene rings is 1. The summed E-state index contributed by atoms with van der Waals surface area (Å²) in [6, 6.07) is 14.5. The lowest BCUT2D eigenvalue weighted by molar-refractivity contribution is -0.117. The topological polar surface area (TPSA) is 46.4 Å². The smallest absolute Gasteiger partial charge is 0.225 e. The Kier molecular flexibility index (Phi) is 6.41. The molecule has 154 valence electrons. The van der Waals surface area contributed by atoms with Gasteiger partial charge in [0.15, 0.2) is 0 Å². The normalized spacial score (nSPS) is 12.9. The van der Waals surface area contributed by atoms with Gasteiger partial charge in [-0.2, -0.15) is 0 Å². The molecule has 3 aromatic rings. The van der Waals surface area contributed by atoms with E-state index in [-0.39, 0.29) is 11.3 Å². The molecule has 0 aliphatic carbocycles. The summed E-state index contributed by atoms with van der Waals surface area (Å²) in [5, 5.41) is 3.17. The number of imidazole rings is 1. The highest BCUT2D eigenvalue weighted by atomic mass is 16.1. The zero-order valence-corrected chi connectivity index (χ0v) is 18.3. The molecule has 1 amide bonds. The van der Waals surface area contributed by atoms with Gasteiger partial charge >= 0.3 is 0 Å². The molecule has 1 aromatic carbocycles. The van der Waals surface area contributed by atoms with Crippen LogP contribution >= 0.6 is 0 Å². The molecular weight excluding hydrogens is 358 g/mol. The van der Waals surface area contributed by atoms with Crippen molar-refractivity contribution in [3.63, 3.8) is 0 Å². The third-order valence-electron chi connectivity index (χ3n) is 5.10. The van der Waals surface area contributed by atoms with Crippen LogP contribution in [0.3, 0.4) is 0 Å². The number of fused-ring (bicyclic) bond motifs is 1. The van der Waals surface area contributed by atoms with Gasteiger partial charge in [0, 0.05) is 12.6 Å². The van der Waals surface area contributed by atoms with Crippen LogP contribution in [-0.2, 0) is 17.6 Å². The Bertz CT molecular complexity index is 967. The molecule has 0 aliphatic heterocycles. The van der Waals surface area contributed by atoms with Crippen LogP contribution in [0.25, 0.3) is 5.65 Å². The van der Waals surface area contributed by atoms with Gasteiger partial charge in [-0.05, 0) is 60.8 Å². The van der Waals surface area contributed by atoms with Gasteiger partial charge in [0.2, 0.25) is 5.91 Å². The molecule has 2 aromatic heterocycles. The summed E-state index contributed by atoms with van der Waals surface area (Å²) < 4.78 is 2.00. The van der Waals surface area contributed by atoms with Crippen molar-refractivity contribution in [2.24, 2.45) is 11.3 Å². The fourth-order valence-corrected chi connectivity index (χ4v) is 4.03. The lowest BCUT2D eigenvalue weighted by Gasteiger charge is -2.22. The van der Waals surface area contributed by atoms with Gasteiger partial charge in [0.25, 0.3) is 0 Å². The number of aryl methyl sites for hydroxylation is 3. The van der Waals surface area contributed by atoms with Crippen molar-refractivity contribution in [2.45, 2.75) is 60.3 Å². The van der Waals surface area contributed by atoms with Crippen molar-refractivity contribution < 1.29 is 4.79 Å². The first-order valence-corrected chi connectivity index (χ1v) is 10.5. The number of rotatable bonds is 7. The van der Waals surface area contributed by atoms with Crippen molar-refractivity contribution in [1.82, 2.24) is 9.38 Å². The first-order valence-electron chi connectivity index (χ1n) is 10.5. The highest BCUT2D eigenvalue weighted by molar-refractivity contribution is 5.91. The van der Waals surface area contributed by atoms with Crippen LogP contribution < -0.4 is 5.32 Å². The number of amides is 1. The number of hydrogen-bond donors (Lipinski definition) is 1. The van der Waals surface area contributed by atoms with Crippen molar-refractivity contribution in [2.75, 3.05) is 5.32 Å². The lowest BCUT2D eigenvalue weighted by Crippen LogP contribution is -2.20. The second-order valence-corrected chi connectivity index (χ2v) is 9.45. The van der Waals surface area contributed by atoms with Crippen LogP contribution in [0.1, 0.15) is 57.4 Å². The van der Waals surface area contributed by atoms with Crippen molar-refractivity contribution in [3.05, 3.63) is 65.5 Å². The molecule has 0 fully saturated rings. The van der Waals surface area contributed by atoms with Gasteiger partial charge in [0.1, 0.15) is 11.5 Å². The van der Waals surface area contributed by atoms with Crippen LogP contribution in [0, 0.1) is 18.3 Å². The summed E-state index contributed by atoms with van der Waals surface area (Å²) >= 11 is 0. The van der Waals surface area contributed by atoms with Crippen molar-refractivity contribution >= 4 is 17.4 Å². The maximum absolute atomic E-state index is 12.8. The van der Waals surface area contributed by atoms with Crippen molar-refractivity contribution in [3.8, 4) is 0 Å². The molecule has 0 unspecified atom stereocenters. The van der Waals surface area contributed by atoms with Gasteiger partial charge in [-0.3, -0.25) is 9.20 Å². The van der Waals surface area contributed by atoms with E-state index in [1.54, 1.807) is 0 Å². The Balaban J connectivity index is 1.80. The predicted molar refractivity (Wildman–Crippen MR) is 120 cm³/mol. The summed E-state index contributed by atoms with van der Waals surface area (Å²) in [4.78, 5) is 17.6. The van der Waals surface area contributed by atoms with E-state index in [9.17, 15) is 4.79 Å². The van der Waals surface area contributed by atoms with Gasteiger partial charge in [-0.25, -0.2) is 4.98 Å². The minimum absolute atomic E-state index is 0.0603. The Morgan fingerprint density at radius 1 is 1.14 bits per heavy atom. The maximum atomic E-state index is 12.8. The highest BCUT2D eigenvalue weighted by Gasteiger charge is 2.20. The average Bonchev–Trinajstić information content (AvgIpc) is 2.95.